The molecule has 0 aromatic carbocycles. The molecule has 21 heavy (non-hydrogen) atoms. The van der Waals surface area contributed by atoms with Gasteiger partial charge in [-0.05, 0) is 31.8 Å². The molecule has 0 aromatic heterocycles. The minimum absolute atomic E-state index is 0. The highest BCUT2D eigenvalue weighted by atomic mass is 127. The Balaban J connectivity index is 0.00000400. The number of hydrogen-bond donors (Lipinski definition) is 2. The summed E-state index contributed by atoms with van der Waals surface area (Å²) in [4.78, 5) is 6.79. The van der Waals surface area contributed by atoms with Crippen LogP contribution in [0, 0.1) is 5.92 Å². The lowest BCUT2D eigenvalue weighted by atomic mass is 10.2. The minimum Gasteiger partial charge on any atom is -0.379 e. The van der Waals surface area contributed by atoms with E-state index in [1.54, 1.807) is 0 Å². The summed E-state index contributed by atoms with van der Waals surface area (Å²) in [7, 11) is 1.82. The van der Waals surface area contributed by atoms with E-state index in [9.17, 15) is 0 Å². The maximum Gasteiger partial charge on any atom is 0.191 e. The van der Waals surface area contributed by atoms with E-state index in [0.29, 0.717) is 12.0 Å². The predicted octanol–water partition coefficient (Wildman–Crippen LogP) is 1.93. The molecule has 0 spiro atoms. The van der Waals surface area contributed by atoms with Gasteiger partial charge in [-0.3, -0.25) is 9.89 Å². The molecule has 1 saturated heterocycles. The van der Waals surface area contributed by atoms with Gasteiger partial charge in [0.1, 0.15) is 0 Å². The van der Waals surface area contributed by atoms with Gasteiger partial charge in [-0.25, -0.2) is 0 Å². The van der Waals surface area contributed by atoms with Crippen LogP contribution in [0.1, 0.15) is 33.6 Å². The molecule has 0 aliphatic carbocycles. The van der Waals surface area contributed by atoms with Crippen molar-refractivity contribution in [1.82, 2.24) is 15.5 Å². The first kappa shape index (κ1) is 20.9. The van der Waals surface area contributed by atoms with Crippen molar-refractivity contribution in [3.05, 3.63) is 0 Å². The molecule has 6 heteroatoms. The van der Waals surface area contributed by atoms with Crippen molar-refractivity contribution in [3.63, 3.8) is 0 Å². The molecule has 2 N–H and O–H groups in total. The molecule has 0 aromatic rings. The number of halogens is 1. The van der Waals surface area contributed by atoms with Crippen molar-refractivity contribution in [3.8, 4) is 0 Å². The van der Waals surface area contributed by atoms with Crippen LogP contribution in [0.2, 0.25) is 0 Å². The zero-order valence-electron chi connectivity index (χ0n) is 14.0. The normalized spacial score (nSPS) is 19.7. The van der Waals surface area contributed by atoms with Gasteiger partial charge in [-0.1, -0.05) is 20.8 Å². The zero-order chi connectivity index (χ0) is 14.8. The molecule has 0 bridgehead atoms. The molecule has 1 fully saturated rings. The van der Waals surface area contributed by atoms with E-state index < -0.39 is 0 Å². The Hall–Kier alpha value is -0.0800. The van der Waals surface area contributed by atoms with Gasteiger partial charge in [0.25, 0.3) is 0 Å². The smallest absolute Gasteiger partial charge is 0.191 e. The van der Waals surface area contributed by atoms with Crippen LogP contribution in [-0.2, 0) is 4.74 Å². The molecule has 1 atom stereocenters. The Kier molecular flexibility index (Phi) is 12.4. The van der Waals surface area contributed by atoms with Gasteiger partial charge in [0.2, 0.25) is 0 Å². The average Bonchev–Trinajstić information content (AvgIpc) is 2.89. The Morgan fingerprint density at radius 3 is 2.76 bits per heavy atom. The number of nitrogens with one attached hydrogen (secondary N) is 2. The summed E-state index contributed by atoms with van der Waals surface area (Å²) in [5.41, 5.74) is 0. The Labute approximate surface area is 147 Å². The lowest BCUT2D eigenvalue weighted by molar-refractivity contribution is 0.114. The minimum atomic E-state index is 0. The van der Waals surface area contributed by atoms with Crippen LogP contribution in [0.3, 0.4) is 0 Å². The van der Waals surface area contributed by atoms with Gasteiger partial charge >= 0.3 is 0 Å². The quantitative estimate of drug-likeness (QED) is 0.277. The van der Waals surface area contributed by atoms with Crippen molar-refractivity contribution < 1.29 is 4.74 Å². The van der Waals surface area contributed by atoms with Gasteiger partial charge in [0.15, 0.2) is 5.96 Å². The summed E-state index contributed by atoms with van der Waals surface area (Å²) in [6.45, 7) is 12.3. The SMILES string of the molecule is CCN1CCCC1CNC(=NC)NCCOCC(C)C.I. The summed E-state index contributed by atoms with van der Waals surface area (Å²) >= 11 is 0. The number of ether oxygens (including phenoxy) is 1. The van der Waals surface area contributed by atoms with Gasteiger partial charge < -0.3 is 15.4 Å². The highest BCUT2D eigenvalue weighted by Gasteiger charge is 2.22. The van der Waals surface area contributed by atoms with E-state index in [0.717, 1.165) is 38.8 Å². The number of guanidine groups is 1. The molecular weight excluding hydrogens is 379 g/mol. The number of aliphatic imine (C=N–C) groups is 1. The Morgan fingerprint density at radius 1 is 1.38 bits per heavy atom. The molecule has 0 amide bonds. The third kappa shape index (κ3) is 8.83. The van der Waals surface area contributed by atoms with Crippen molar-refractivity contribution in [2.75, 3.05) is 46.4 Å². The molecule has 0 saturated carbocycles. The molecule has 5 nitrogen and oxygen atoms in total. The number of likely N-dealkylation sites (N-methyl/N-ethyl adjacent to an activating group) is 1. The fourth-order valence-electron chi connectivity index (χ4n) is 2.54. The van der Waals surface area contributed by atoms with E-state index in [4.69, 9.17) is 4.74 Å². The highest BCUT2D eigenvalue weighted by Crippen LogP contribution is 2.15. The summed E-state index contributed by atoms with van der Waals surface area (Å²) in [5.74, 6) is 1.47. The van der Waals surface area contributed by atoms with Crippen molar-refractivity contribution in [1.29, 1.82) is 0 Å². The summed E-state index contributed by atoms with van der Waals surface area (Å²) < 4.78 is 5.55. The number of hydrogen-bond acceptors (Lipinski definition) is 3. The zero-order valence-corrected chi connectivity index (χ0v) is 16.4. The Morgan fingerprint density at radius 2 is 2.14 bits per heavy atom. The average molecular weight is 412 g/mol. The molecular formula is C15H33IN4O. The van der Waals surface area contributed by atoms with Crippen LogP contribution in [-0.4, -0.2) is 63.3 Å². The summed E-state index contributed by atoms with van der Waals surface area (Å²) in [5, 5.41) is 6.71. The van der Waals surface area contributed by atoms with Gasteiger partial charge in [-0.15, -0.1) is 24.0 Å². The lowest BCUT2D eigenvalue weighted by Gasteiger charge is -2.24. The topological polar surface area (TPSA) is 48.9 Å². The fourth-order valence-corrected chi connectivity index (χ4v) is 2.54. The summed E-state index contributed by atoms with van der Waals surface area (Å²) in [6.07, 6.45) is 2.60. The Bertz CT molecular complexity index is 287. The number of rotatable bonds is 8. The predicted molar refractivity (Wildman–Crippen MR) is 101 cm³/mol. The lowest BCUT2D eigenvalue weighted by Crippen LogP contribution is -2.45. The molecule has 1 aliphatic heterocycles. The first-order chi connectivity index (χ1) is 9.67. The highest BCUT2D eigenvalue weighted by molar-refractivity contribution is 14.0. The van der Waals surface area contributed by atoms with Crippen molar-refractivity contribution >= 4 is 29.9 Å². The van der Waals surface area contributed by atoms with E-state index in [1.165, 1.54) is 19.4 Å². The van der Waals surface area contributed by atoms with Crippen LogP contribution in [0.25, 0.3) is 0 Å². The number of nitrogens with zero attached hydrogens (tertiary/aromatic N) is 2. The van der Waals surface area contributed by atoms with Gasteiger partial charge in [-0.2, -0.15) is 0 Å². The van der Waals surface area contributed by atoms with Crippen LogP contribution >= 0.6 is 24.0 Å². The molecule has 126 valence electrons. The van der Waals surface area contributed by atoms with Crippen molar-refractivity contribution in [2.45, 2.75) is 39.7 Å². The standard InChI is InChI=1S/C15H32N4O.HI/c1-5-19-9-6-7-14(19)11-18-15(16-4)17-8-10-20-12-13(2)3;/h13-14H,5-12H2,1-4H3,(H2,16,17,18);1H. The molecule has 1 aliphatic rings. The van der Waals surface area contributed by atoms with Crippen LogP contribution < -0.4 is 10.6 Å². The third-order valence-corrected chi connectivity index (χ3v) is 3.62. The summed E-state index contributed by atoms with van der Waals surface area (Å²) in [6, 6.07) is 0.649. The van der Waals surface area contributed by atoms with Gasteiger partial charge in [0, 0.05) is 32.8 Å². The first-order valence-electron chi connectivity index (χ1n) is 7.93. The number of likely N-dealkylation sites (tertiary alicyclic amines) is 1. The van der Waals surface area contributed by atoms with Crippen LogP contribution in [0.4, 0.5) is 0 Å². The van der Waals surface area contributed by atoms with Crippen LogP contribution in [0.15, 0.2) is 4.99 Å². The monoisotopic (exact) mass is 412 g/mol. The van der Waals surface area contributed by atoms with E-state index in [1.807, 2.05) is 7.05 Å². The van der Waals surface area contributed by atoms with E-state index in [2.05, 4.69) is 41.3 Å². The largest absolute Gasteiger partial charge is 0.379 e. The second-order valence-corrected chi connectivity index (χ2v) is 5.77. The second kappa shape index (κ2) is 12.5. The molecule has 1 unspecified atom stereocenters. The first-order valence-corrected chi connectivity index (χ1v) is 7.93. The van der Waals surface area contributed by atoms with Gasteiger partial charge in [0.05, 0.1) is 6.61 Å². The maximum atomic E-state index is 5.55. The maximum absolute atomic E-state index is 5.55. The molecule has 1 heterocycles. The fraction of sp³-hybridized carbons (Fsp3) is 0.933. The van der Waals surface area contributed by atoms with Crippen molar-refractivity contribution in [2.24, 2.45) is 10.9 Å². The molecule has 0 radical (unpaired) electrons. The third-order valence-electron chi connectivity index (χ3n) is 3.62. The van der Waals surface area contributed by atoms with E-state index >= 15 is 0 Å². The van der Waals surface area contributed by atoms with Crippen LogP contribution in [0.5, 0.6) is 0 Å². The second-order valence-electron chi connectivity index (χ2n) is 5.77. The van der Waals surface area contributed by atoms with E-state index in [-0.39, 0.29) is 24.0 Å². The molecule has 1 rings (SSSR count).